The highest BCUT2D eigenvalue weighted by molar-refractivity contribution is 7.21. The van der Waals surface area contributed by atoms with Crippen LogP contribution >= 0.6 is 22.9 Å². The maximum atomic E-state index is 10.4. The lowest BCUT2D eigenvalue weighted by Crippen LogP contribution is -2.53. The van der Waals surface area contributed by atoms with Crippen molar-refractivity contribution in [3.63, 3.8) is 0 Å². The maximum Gasteiger partial charge on any atom is 0.504 e. The number of thiazole rings is 1. The number of aliphatic hydroxyl groups is 1. The molecule has 7 heteroatoms. The third-order valence-electron chi connectivity index (χ3n) is 3.83. The Morgan fingerprint density at radius 1 is 1.23 bits per heavy atom. The van der Waals surface area contributed by atoms with Crippen LogP contribution in [0, 0.1) is 0 Å². The zero-order valence-electron chi connectivity index (χ0n) is 13.0. The molecule has 0 amide bonds. The van der Waals surface area contributed by atoms with Gasteiger partial charge in [-0.1, -0.05) is 29.8 Å². The Morgan fingerprint density at radius 3 is 2.45 bits per heavy atom. The molecule has 0 saturated carbocycles. The zero-order valence-corrected chi connectivity index (χ0v) is 14.6. The highest BCUT2D eigenvalue weighted by Crippen LogP contribution is 2.29. The van der Waals surface area contributed by atoms with E-state index in [1.165, 1.54) is 11.3 Å². The minimum atomic E-state index is -1.19. The normalized spacial score (nSPS) is 12.5. The lowest BCUT2D eigenvalue weighted by atomic mass is 9.80. The molecule has 0 fully saturated rings. The summed E-state index contributed by atoms with van der Waals surface area (Å²) in [5.41, 5.74) is 0.925. The molecular formula is C15H19BClNO3S. The molecule has 0 aliphatic carbocycles. The summed E-state index contributed by atoms with van der Waals surface area (Å²) in [6.07, 6.45) is 0. The Morgan fingerprint density at radius 2 is 1.86 bits per heavy atom. The first-order chi connectivity index (χ1) is 10.1. The summed E-state index contributed by atoms with van der Waals surface area (Å²) in [6, 6.07) is 7.31. The monoisotopic (exact) mass is 339 g/mol. The van der Waals surface area contributed by atoms with E-state index in [1.54, 1.807) is 39.3 Å². The van der Waals surface area contributed by atoms with Crippen molar-refractivity contribution < 1.29 is 14.8 Å². The lowest BCUT2D eigenvalue weighted by molar-refractivity contribution is -0.0981. The van der Waals surface area contributed by atoms with Crippen molar-refractivity contribution in [3.05, 3.63) is 34.8 Å². The van der Waals surface area contributed by atoms with Crippen LogP contribution in [-0.4, -0.2) is 33.4 Å². The number of nitrogens with zero attached hydrogens (tertiary/aromatic N) is 1. The molecule has 1 aromatic heterocycles. The molecule has 2 N–H and O–H groups in total. The predicted octanol–water partition coefficient (Wildman–Crippen LogP) is 2.72. The molecule has 2 rings (SSSR count). The Kier molecular flexibility index (Phi) is 4.99. The number of halogens is 1. The Hall–Kier alpha value is -0.915. The van der Waals surface area contributed by atoms with E-state index in [2.05, 4.69) is 4.98 Å². The number of hydrogen-bond acceptors (Lipinski definition) is 5. The van der Waals surface area contributed by atoms with Crippen molar-refractivity contribution in [2.24, 2.45) is 0 Å². The summed E-state index contributed by atoms with van der Waals surface area (Å²) in [5, 5.41) is 21.1. The SMILES string of the molecule is CC(C)(O)C(C)(C)OB(O)c1scnc1-c1ccccc1Cl. The molecule has 4 nitrogen and oxygen atoms in total. The van der Waals surface area contributed by atoms with E-state index in [4.69, 9.17) is 16.3 Å². The molecule has 0 aliphatic heterocycles. The van der Waals surface area contributed by atoms with E-state index in [-0.39, 0.29) is 0 Å². The van der Waals surface area contributed by atoms with Gasteiger partial charge in [0, 0.05) is 10.6 Å². The molecule has 0 aliphatic rings. The first-order valence-electron chi connectivity index (χ1n) is 6.90. The lowest BCUT2D eigenvalue weighted by Gasteiger charge is -2.38. The second-order valence-electron chi connectivity index (χ2n) is 6.08. The van der Waals surface area contributed by atoms with Crippen molar-refractivity contribution in [3.8, 4) is 11.3 Å². The van der Waals surface area contributed by atoms with Crippen LogP contribution in [0.3, 0.4) is 0 Å². The van der Waals surface area contributed by atoms with Crippen LogP contribution < -0.4 is 4.78 Å². The van der Waals surface area contributed by atoms with Gasteiger partial charge in [-0.3, -0.25) is 0 Å². The molecule has 1 heterocycles. The Balaban J connectivity index is 2.32. The summed E-state index contributed by atoms with van der Waals surface area (Å²) in [7, 11) is -1.19. The van der Waals surface area contributed by atoms with Gasteiger partial charge in [-0.25, -0.2) is 4.98 Å². The fourth-order valence-corrected chi connectivity index (χ4v) is 2.70. The van der Waals surface area contributed by atoms with Crippen LogP contribution in [0.2, 0.25) is 5.02 Å². The van der Waals surface area contributed by atoms with Gasteiger partial charge in [0.15, 0.2) is 0 Å². The maximum absolute atomic E-state index is 10.4. The van der Waals surface area contributed by atoms with Gasteiger partial charge < -0.3 is 14.8 Å². The van der Waals surface area contributed by atoms with E-state index in [0.717, 1.165) is 5.56 Å². The molecule has 1 aromatic carbocycles. The summed E-state index contributed by atoms with van der Waals surface area (Å²) in [6.45, 7) is 6.74. The Labute approximate surface area is 139 Å². The van der Waals surface area contributed by atoms with Gasteiger partial charge in [0.1, 0.15) is 0 Å². The van der Waals surface area contributed by atoms with Crippen LogP contribution in [0.25, 0.3) is 11.3 Å². The second-order valence-corrected chi connectivity index (χ2v) is 7.38. The zero-order chi connectivity index (χ0) is 16.5. The van der Waals surface area contributed by atoms with E-state index >= 15 is 0 Å². The number of hydrogen-bond donors (Lipinski definition) is 2. The largest absolute Gasteiger partial charge is 0.504 e. The van der Waals surface area contributed by atoms with E-state index in [1.807, 2.05) is 18.2 Å². The van der Waals surface area contributed by atoms with Crippen LogP contribution in [-0.2, 0) is 4.65 Å². The van der Waals surface area contributed by atoms with Crippen molar-refractivity contribution in [1.29, 1.82) is 0 Å². The molecule has 0 spiro atoms. The Bertz CT molecular complexity index is 654. The summed E-state index contributed by atoms with van der Waals surface area (Å²) < 4.78 is 6.24. The van der Waals surface area contributed by atoms with Crippen molar-refractivity contribution >= 4 is 34.8 Å². The average Bonchev–Trinajstić information content (AvgIpc) is 2.86. The van der Waals surface area contributed by atoms with E-state index < -0.39 is 18.3 Å². The van der Waals surface area contributed by atoms with Crippen LogP contribution in [0.15, 0.2) is 29.8 Å². The standard InChI is InChI=1S/C15H19BClNO3S/c1-14(2,19)15(3,4)21-16(20)13-12(18-9-22-13)10-7-5-6-8-11(10)17/h5-9,19-20H,1-4H3. The molecule has 2 aromatic rings. The van der Waals surface area contributed by atoms with Gasteiger partial charge in [-0.05, 0) is 33.8 Å². The van der Waals surface area contributed by atoms with Gasteiger partial charge in [0.2, 0.25) is 0 Å². The molecule has 0 atom stereocenters. The smallest absolute Gasteiger partial charge is 0.422 e. The average molecular weight is 340 g/mol. The third-order valence-corrected chi connectivity index (χ3v) is 5.02. The first kappa shape index (κ1) is 17.4. The second kappa shape index (κ2) is 6.30. The summed E-state index contributed by atoms with van der Waals surface area (Å²) >= 11 is 7.49. The number of rotatable bonds is 5. The number of aromatic nitrogens is 1. The van der Waals surface area contributed by atoms with Crippen molar-refractivity contribution in [1.82, 2.24) is 4.98 Å². The van der Waals surface area contributed by atoms with Crippen molar-refractivity contribution in [2.75, 3.05) is 0 Å². The fraction of sp³-hybridized carbons (Fsp3) is 0.400. The number of benzene rings is 1. The minimum absolute atomic E-state index is 0.559. The third kappa shape index (κ3) is 3.52. The molecule has 118 valence electrons. The van der Waals surface area contributed by atoms with Crippen LogP contribution in [0.4, 0.5) is 0 Å². The summed E-state index contributed by atoms with van der Waals surface area (Å²) in [5.74, 6) is 0. The molecular weight excluding hydrogens is 321 g/mol. The minimum Gasteiger partial charge on any atom is -0.422 e. The predicted molar refractivity (Wildman–Crippen MR) is 91.6 cm³/mol. The summed E-state index contributed by atoms with van der Waals surface area (Å²) in [4.78, 5) is 4.29. The van der Waals surface area contributed by atoms with Gasteiger partial charge >= 0.3 is 7.12 Å². The van der Waals surface area contributed by atoms with Crippen LogP contribution in [0.1, 0.15) is 27.7 Å². The molecule has 0 saturated heterocycles. The first-order valence-corrected chi connectivity index (χ1v) is 8.16. The van der Waals surface area contributed by atoms with Crippen LogP contribution in [0.5, 0.6) is 0 Å². The van der Waals surface area contributed by atoms with Gasteiger partial charge in [0.25, 0.3) is 0 Å². The highest BCUT2D eigenvalue weighted by Gasteiger charge is 2.40. The highest BCUT2D eigenvalue weighted by atomic mass is 35.5. The van der Waals surface area contributed by atoms with E-state index in [0.29, 0.717) is 15.5 Å². The molecule has 0 bridgehead atoms. The molecule has 22 heavy (non-hydrogen) atoms. The fourth-order valence-electron chi connectivity index (χ4n) is 1.76. The van der Waals surface area contributed by atoms with Gasteiger partial charge in [-0.2, -0.15) is 0 Å². The van der Waals surface area contributed by atoms with Gasteiger partial charge in [0.05, 0.1) is 27.2 Å². The molecule has 0 unspecified atom stereocenters. The quantitative estimate of drug-likeness (QED) is 0.822. The van der Waals surface area contributed by atoms with E-state index in [9.17, 15) is 10.1 Å². The van der Waals surface area contributed by atoms with Gasteiger partial charge in [-0.15, -0.1) is 11.3 Å². The topological polar surface area (TPSA) is 62.6 Å². The molecule has 0 radical (unpaired) electrons. The van der Waals surface area contributed by atoms with Crippen molar-refractivity contribution in [2.45, 2.75) is 38.9 Å².